The molecule has 1 saturated carbocycles. The van der Waals surface area contributed by atoms with Gasteiger partial charge in [0.05, 0.1) is 13.2 Å². The van der Waals surface area contributed by atoms with Crippen molar-refractivity contribution < 1.29 is 9.15 Å². The largest absolute Gasteiger partial charge is 0.494 e. The number of nitrogens with one attached hydrogen (secondary N) is 1. The van der Waals surface area contributed by atoms with Crippen molar-refractivity contribution >= 4 is 11.0 Å². The van der Waals surface area contributed by atoms with E-state index in [1.165, 1.54) is 23.8 Å². The second-order valence-electron chi connectivity index (χ2n) is 5.50. The Hall–Kier alpha value is -1.48. The first-order valence-electron chi connectivity index (χ1n) is 7.72. The number of furan rings is 1. The molecule has 1 aliphatic rings. The van der Waals surface area contributed by atoms with Gasteiger partial charge in [-0.25, -0.2) is 0 Å². The summed E-state index contributed by atoms with van der Waals surface area (Å²) in [5, 5.41) is 4.62. The molecule has 1 N–H and O–H groups in total. The molecule has 3 rings (SSSR count). The van der Waals surface area contributed by atoms with Crippen LogP contribution in [0.25, 0.3) is 11.0 Å². The van der Waals surface area contributed by atoms with E-state index >= 15 is 0 Å². The predicted molar refractivity (Wildman–Crippen MR) is 81.4 cm³/mol. The first kappa shape index (κ1) is 13.5. The molecule has 20 heavy (non-hydrogen) atoms. The molecule has 1 fully saturated rings. The van der Waals surface area contributed by atoms with Crippen LogP contribution in [0.5, 0.6) is 5.75 Å². The topological polar surface area (TPSA) is 34.4 Å². The van der Waals surface area contributed by atoms with E-state index in [1.54, 1.807) is 0 Å². The van der Waals surface area contributed by atoms with Crippen LogP contribution in [0.3, 0.4) is 0 Å². The van der Waals surface area contributed by atoms with Gasteiger partial charge in [0.1, 0.15) is 17.1 Å². The van der Waals surface area contributed by atoms with Crippen molar-refractivity contribution in [1.82, 2.24) is 5.32 Å². The van der Waals surface area contributed by atoms with Crippen LogP contribution in [0, 0.1) is 0 Å². The van der Waals surface area contributed by atoms with Crippen molar-refractivity contribution in [3.8, 4) is 5.75 Å². The maximum absolute atomic E-state index is 6.04. The average molecular weight is 273 g/mol. The lowest BCUT2D eigenvalue weighted by molar-refractivity contribution is 0.318. The highest BCUT2D eigenvalue weighted by Gasteiger charge is 2.30. The molecule has 0 unspecified atom stereocenters. The van der Waals surface area contributed by atoms with Gasteiger partial charge in [-0.2, -0.15) is 0 Å². The fourth-order valence-corrected chi connectivity index (χ4v) is 2.65. The van der Waals surface area contributed by atoms with Crippen LogP contribution < -0.4 is 10.1 Å². The van der Waals surface area contributed by atoms with Gasteiger partial charge < -0.3 is 14.5 Å². The molecular formula is C17H23NO2. The molecule has 3 nitrogen and oxygen atoms in total. The Labute approximate surface area is 120 Å². The molecular weight excluding hydrogens is 250 g/mol. The summed E-state index contributed by atoms with van der Waals surface area (Å²) < 4.78 is 11.8. The summed E-state index contributed by atoms with van der Waals surface area (Å²) in [4.78, 5) is 0. The fourth-order valence-electron chi connectivity index (χ4n) is 2.65. The van der Waals surface area contributed by atoms with E-state index in [0.29, 0.717) is 5.92 Å². The Kier molecular flexibility index (Phi) is 3.97. The zero-order valence-electron chi connectivity index (χ0n) is 12.4. The van der Waals surface area contributed by atoms with Gasteiger partial charge in [0.15, 0.2) is 0 Å². The molecule has 0 saturated heterocycles. The molecule has 1 aromatic heterocycles. The van der Waals surface area contributed by atoms with Crippen molar-refractivity contribution in [3.05, 3.63) is 29.5 Å². The van der Waals surface area contributed by atoms with Crippen LogP contribution in [0.1, 0.15) is 50.4 Å². The van der Waals surface area contributed by atoms with Crippen LogP contribution in [-0.2, 0) is 6.54 Å². The Morgan fingerprint density at radius 2 is 2.15 bits per heavy atom. The average Bonchev–Trinajstić information content (AvgIpc) is 3.23. The number of benzene rings is 1. The highest BCUT2D eigenvalue weighted by Crippen LogP contribution is 2.46. The van der Waals surface area contributed by atoms with Crippen LogP contribution in [0.4, 0.5) is 0 Å². The standard InChI is InChI=1S/C17H23NO2/c1-3-9-19-13-7-8-15-14(10-13)17(12-5-6-12)16(20-15)11-18-4-2/h7-8,10,12,18H,3-6,9,11H2,1-2H3. The third-order valence-electron chi connectivity index (χ3n) is 3.77. The summed E-state index contributed by atoms with van der Waals surface area (Å²) in [6, 6.07) is 6.20. The minimum Gasteiger partial charge on any atom is -0.494 e. The number of ether oxygens (including phenoxy) is 1. The van der Waals surface area contributed by atoms with Gasteiger partial charge >= 0.3 is 0 Å². The van der Waals surface area contributed by atoms with E-state index in [-0.39, 0.29) is 0 Å². The van der Waals surface area contributed by atoms with Crippen LogP contribution >= 0.6 is 0 Å². The van der Waals surface area contributed by atoms with Crippen molar-refractivity contribution in [2.45, 2.75) is 45.6 Å². The second kappa shape index (κ2) is 5.88. The van der Waals surface area contributed by atoms with Crippen LogP contribution in [0.15, 0.2) is 22.6 Å². The summed E-state index contributed by atoms with van der Waals surface area (Å²) in [5.74, 6) is 2.75. The Morgan fingerprint density at radius 1 is 1.30 bits per heavy atom. The molecule has 0 atom stereocenters. The third kappa shape index (κ3) is 2.68. The number of hydrogen-bond acceptors (Lipinski definition) is 3. The lowest BCUT2D eigenvalue weighted by atomic mass is 10.1. The molecule has 1 aliphatic carbocycles. The summed E-state index contributed by atoms with van der Waals surface area (Å²) in [7, 11) is 0. The summed E-state index contributed by atoms with van der Waals surface area (Å²) >= 11 is 0. The Balaban J connectivity index is 1.96. The summed E-state index contributed by atoms with van der Waals surface area (Å²) in [6.07, 6.45) is 3.60. The van der Waals surface area contributed by atoms with E-state index in [4.69, 9.17) is 9.15 Å². The van der Waals surface area contributed by atoms with E-state index in [9.17, 15) is 0 Å². The van der Waals surface area contributed by atoms with Gasteiger partial charge in [-0.15, -0.1) is 0 Å². The molecule has 0 radical (unpaired) electrons. The molecule has 0 amide bonds. The zero-order valence-corrected chi connectivity index (χ0v) is 12.4. The first-order chi connectivity index (χ1) is 9.83. The van der Waals surface area contributed by atoms with Gasteiger partial charge in [0.2, 0.25) is 0 Å². The van der Waals surface area contributed by atoms with E-state index in [2.05, 4.69) is 25.2 Å². The van der Waals surface area contributed by atoms with Gasteiger partial charge in [-0.3, -0.25) is 0 Å². The minimum absolute atomic E-state index is 0.686. The monoisotopic (exact) mass is 273 g/mol. The van der Waals surface area contributed by atoms with Crippen LogP contribution in [0.2, 0.25) is 0 Å². The molecule has 1 heterocycles. The molecule has 0 spiro atoms. The van der Waals surface area contributed by atoms with Crippen molar-refractivity contribution in [1.29, 1.82) is 0 Å². The molecule has 1 aromatic carbocycles. The van der Waals surface area contributed by atoms with Gasteiger partial charge in [0.25, 0.3) is 0 Å². The molecule has 2 aromatic rings. The second-order valence-corrected chi connectivity index (χ2v) is 5.50. The van der Waals surface area contributed by atoms with E-state index in [1.807, 2.05) is 12.1 Å². The van der Waals surface area contributed by atoms with Gasteiger partial charge in [-0.1, -0.05) is 13.8 Å². The SMILES string of the molecule is CCCOc1ccc2oc(CNCC)c(C3CC3)c2c1. The van der Waals surface area contributed by atoms with Gasteiger partial charge in [-0.05, 0) is 49.9 Å². The number of fused-ring (bicyclic) bond motifs is 1. The Morgan fingerprint density at radius 3 is 2.85 bits per heavy atom. The fraction of sp³-hybridized carbons (Fsp3) is 0.529. The summed E-state index contributed by atoms with van der Waals surface area (Å²) in [5.41, 5.74) is 2.39. The lowest BCUT2D eigenvalue weighted by Gasteiger charge is -2.04. The maximum Gasteiger partial charge on any atom is 0.134 e. The Bertz CT molecular complexity index is 584. The van der Waals surface area contributed by atoms with E-state index in [0.717, 1.165) is 43.2 Å². The highest BCUT2D eigenvalue weighted by atomic mass is 16.5. The van der Waals surface area contributed by atoms with E-state index < -0.39 is 0 Å². The quantitative estimate of drug-likeness (QED) is 0.820. The smallest absolute Gasteiger partial charge is 0.134 e. The molecule has 3 heteroatoms. The van der Waals surface area contributed by atoms with Crippen molar-refractivity contribution in [3.63, 3.8) is 0 Å². The van der Waals surface area contributed by atoms with Gasteiger partial charge in [0, 0.05) is 10.9 Å². The lowest BCUT2D eigenvalue weighted by Crippen LogP contribution is -2.12. The summed E-state index contributed by atoms with van der Waals surface area (Å²) in [6.45, 7) is 6.80. The molecule has 0 bridgehead atoms. The number of hydrogen-bond donors (Lipinski definition) is 1. The third-order valence-corrected chi connectivity index (χ3v) is 3.77. The normalized spacial score (nSPS) is 14.9. The first-order valence-corrected chi connectivity index (χ1v) is 7.72. The van der Waals surface area contributed by atoms with Crippen LogP contribution in [-0.4, -0.2) is 13.2 Å². The predicted octanol–water partition coefficient (Wildman–Crippen LogP) is 4.21. The minimum atomic E-state index is 0.686. The molecule has 0 aliphatic heterocycles. The maximum atomic E-state index is 6.04. The molecule has 108 valence electrons. The van der Waals surface area contributed by atoms with Crippen molar-refractivity contribution in [2.24, 2.45) is 0 Å². The highest BCUT2D eigenvalue weighted by molar-refractivity contribution is 5.84. The zero-order chi connectivity index (χ0) is 13.9. The number of rotatable bonds is 7. The van der Waals surface area contributed by atoms with Crippen molar-refractivity contribution in [2.75, 3.05) is 13.2 Å².